The van der Waals surface area contributed by atoms with Gasteiger partial charge in [-0.15, -0.1) is 0 Å². The number of halogens is 1. The summed E-state index contributed by atoms with van der Waals surface area (Å²) < 4.78 is 1.96. The number of carbonyl (C=O) groups excluding carboxylic acids is 2. The summed E-state index contributed by atoms with van der Waals surface area (Å²) in [6, 6.07) is 7.19. The third kappa shape index (κ3) is 3.76. The van der Waals surface area contributed by atoms with E-state index in [2.05, 4.69) is 10.3 Å². The first-order valence-electron chi connectivity index (χ1n) is 7.93. The number of para-hydroxylation sites is 1. The normalized spacial score (nSPS) is 17.3. The molecule has 1 N–H and O–H groups in total. The molecule has 0 bridgehead atoms. The first-order chi connectivity index (χ1) is 11.6. The van der Waals surface area contributed by atoms with Crippen molar-refractivity contribution in [2.24, 2.45) is 5.92 Å². The van der Waals surface area contributed by atoms with Gasteiger partial charge in [0.2, 0.25) is 11.8 Å². The minimum Gasteiger partial charge on any atom is -0.356 e. The number of nitrogens with one attached hydrogen (secondary N) is 1. The first-order valence-corrected chi connectivity index (χ1v) is 8.31. The van der Waals surface area contributed by atoms with Crippen LogP contribution in [0, 0.1) is 5.92 Å². The van der Waals surface area contributed by atoms with Gasteiger partial charge in [0.15, 0.2) is 0 Å². The summed E-state index contributed by atoms with van der Waals surface area (Å²) in [5.74, 6) is -0.479. The lowest BCUT2D eigenvalue weighted by molar-refractivity contribution is -0.126. The van der Waals surface area contributed by atoms with Crippen LogP contribution in [0.4, 0.5) is 5.69 Å². The lowest BCUT2D eigenvalue weighted by atomic mass is 10.1. The van der Waals surface area contributed by atoms with Crippen molar-refractivity contribution in [3.63, 3.8) is 0 Å². The molecule has 1 aliphatic heterocycles. The van der Waals surface area contributed by atoms with Crippen LogP contribution < -0.4 is 10.2 Å². The van der Waals surface area contributed by atoms with Crippen LogP contribution in [0.15, 0.2) is 43.0 Å². The van der Waals surface area contributed by atoms with Crippen molar-refractivity contribution in [3.05, 3.63) is 48.0 Å². The van der Waals surface area contributed by atoms with Crippen molar-refractivity contribution >= 4 is 29.1 Å². The van der Waals surface area contributed by atoms with E-state index in [0.717, 1.165) is 13.0 Å². The molecule has 1 aliphatic rings. The van der Waals surface area contributed by atoms with E-state index < -0.39 is 0 Å². The van der Waals surface area contributed by atoms with Gasteiger partial charge in [-0.05, 0) is 18.6 Å². The first kappa shape index (κ1) is 16.5. The van der Waals surface area contributed by atoms with Crippen LogP contribution in [0.25, 0.3) is 0 Å². The van der Waals surface area contributed by atoms with Gasteiger partial charge >= 0.3 is 0 Å². The van der Waals surface area contributed by atoms with Crippen molar-refractivity contribution in [1.82, 2.24) is 14.9 Å². The van der Waals surface area contributed by atoms with Crippen molar-refractivity contribution in [1.29, 1.82) is 0 Å². The highest BCUT2D eigenvalue weighted by molar-refractivity contribution is 6.33. The van der Waals surface area contributed by atoms with Crippen LogP contribution >= 0.6 is 11.6 Å². The Labute approximate surface area is 145 Å². The number of anilines is 1. The molecule has 0 spiro atoms. The molecular formula is C17H19ClN4O2. The molecule has 2 heterocycles. The highest BCUT2D eigenvalue weighted by Gasteiger charge is 2.35. The second kappa shape index (κ2) is 7.49. The molecule has 2 amide bonds. The lowest BCUT2D eigenvalue weighted by Crippen LogP contribution is -2.33. The molecule has 24 heavy (non-hydrogen) atoms. The zero-order valence-electron chi connectivity index (χ0n) is 13.2. The predicted molar refractivity (Wildman–Crippen MR) is 91.8 cm³/mol. The quantitative estimate of drug-likeness (QED) is 0.814. The second-order valence-electron chi connectivity index (χ2n) is 5.80. The maximum absolute atomic E-state index is 12.3. The number of imidazole rings is 1. The van der Waals surface area contributed by atoms with E-state index in [1.165, 1.54) is 0 Å². The summed E-state index contributed by atoms with van der Waals surface area (Å²) >= 11 is 6.15. The van der Waals surface area contributed by atoms with E-state index in [9.17, 15) is 9.59 Å². The van der Waals surface area contributed by atoms with Crippen molar-refractivity contribution in [2.45, 2.75) is 19.4 Å². The standard InChI is InChI=1S/C17H19ClN4O2/c18-14-4-1-2-5-15(14)22-11-13(10-16(22)23)17(24)20-6-3-8-21-9-7-19-12-21/h1-2,4-5,7,9,12-13H,3,6,8,10-11H2,(H,20,24)/t13-/m0/s1. The van der Waals surface area contributed by atoms with Gasteiger partial charge in [0.05, 0.1) is 23.0 Å². The monoisotopic (exact) mass is 346 g/mol. The van der Waals surface area contributed by atoms with E-state index in [0.29, 0.717) is 23.8 Å². The van der Waals surface area contributed by atoms with Crippen LogP contribution in [0.3, 0.4) is 0 Å². The fraction of sp³-hybridized carbons (Fsp3) is 0.353. The second-order valence-corrected chi connectivity index (χ2v) is 6.21. The van der Waals surface area contributed by atoms with Crippen molar-refractivity contribution < 1.29 is 9.59 Å². The Morgan fingerprint density at radius 1 is 1.38 bits per heavy atom. The van der Waals surface area contributed by atoms with Crippen molar-refractivity contribution in [3.8, 4) is 0 Å². The van der Waals surface area contributed by atoms with Crippen LogP contribution in [0.1, 0.15) is 12.8 Å². The molecule has 1 aromatic carbocycles. The summed E-state index contributed by atoms with van der Waals surface area (Å²) in [7, 11) is 0. The topological polar surface area (TPSA) is 67.2 Å². The highest BCUT2D eigenvalue weighted by Crippen LogP contribution is 2.30. The molecule has 0 unspecified atom stereocenters. The fourth-order valence-electron chi connectivity index (χ4n) is 2.82. The molecule has 2 aromatic rings. The maximum atomic E-state index is 12.3. The van der Waals surface area contributed by atoms with Gasteiger partial charge < -0.3 is 14.8 Å². The van der Waals surface area contributed by atoms with Gasteiger partial charge in [-0.25, -0.2) is 4.98 Å². The zero-order chi connectivity index (χ0) is 16.9. The van der Waals surface area contributed by atoms with Crippen LogP contribution in [0.5, 0.6) is 0 Å². The molecule has 7 heteroatoms. The predicted octanol–water partition coefficient (Wildman–Crippen LogP) is 2.10. The molecule has 1 atom stereocenters. The van der Waals surface area contributed by atoms with Crippen LogP contribution in [-0.2, 0) is 16.1 Å². The zero-order valence-corrected chi connectivity index (χ0v) is 13.9. The molecule has 0 radical (unpaired) electrons. The largest absolute Gasteiger partial charge is 0.356 e. The number of aryl methyl sites for hydroxylation is 1. The summed E-state index contributed by atoms with van der Waals surface area (Å²) in [5.41, 5.74) is 0.666. The fourth-order valence-corrected chi connectivity index (χ4v) is 3.06. The number of carbonyl (C=O) groups is 2. The molecule has 6 nitrogen and oxygen atoms in total. The van der Waals surface area contributed by atoms with Gasteiger partial charge in [0.1, 0.15) is 0 Å². The number of benzene rings is 1. The Morgan fingerprint density at radius 3 is 2.96 bits per heavy atom. The Hall–Kier alpha value is -2.34. The Balaban J connectivity index is 1.50. The molecule has 3 rings (SSSR count). The van der Waals surface area contributed by atoms with Gasteiger partial charge in [-0.2, -0.15) is 0 Å². The van der Waals surface area contributed by atoms with E-state index in [4.69, 9.17) is 11.6 Å². The molecule has 0 aliphatic carbocycles. The number of rotatable bonds is 6. The van der Waals surface area contributed by atoms with Gasteiger partial charge in [-0.1, -0.05) is 23.7 Å². The third-order valence-electron chi connectivity index (χ3n) is 4.09. The van der Waals surface area contributed by atoms with E-state index >= 15 is 0 Å². The number of hydrogen-bond donors (Lipinski definition) is 1. The Kier molecular flexibility index (Phi) is 5.15. The van der Waals surface area contributed by atoms with E-state index in [1.54, 1.807) is 29.6 Å². The van der Waals surface area contributed by atoms with Crippen molar-refractivity contribution in [2.75, 3.05) is 18.0 Å². The number of amides is 2. The van der Waals surface area contributed by atoms with Gasteiger partial charge in [-0.3, -0.25) is 9.59 Å². The highest BCUT2D eigenvalue weighted by atomic mass is 35.5. The number of hydrogen-bond acceptors (Lipinski definition) is 3. The average Bonchev–Trinajstić information content (AvgIpc) is 3.22. The molecule has 1 aromatic heterocycles. The molecule has 0 saturated carbocycles. The van der Waals surface area contributed by atoms with E-state index in [-0.39, 0.29) is 24.2 Å². The van der Waals surface area contributed by atoms with E-state index in [1.807, 2.05) is 22.9 Å². The minimum atomic E-state index is -0.331. The van der Waals surface area contributed by atoms with Crippen LogP contribution in [-0.4, -0.2) is 34.5 Å². The lowest BCUT2D eigenvalue weighted by Gasteiger charge is -2.18. The third-order valence-corrected chi connectivity index (χ3v) is 4.41. The Bertz CT molecular complexity index is 717. The summed E-state index contributed by atoms with van der Waals surface area (Å²) in [6.07, 6.45) is 6.40. The smallest absolute Gasteiger partial charge is 0.227 e. The minimum absolute atomic E-state index is 0.0679. The molecule has 1 fully saturated rings. The van der Waals surface area contributed by atoms with Gasteiger partial charge in [0.25, 0.3) is 0 Å². The Morgan fingerprint density at radius 2 is 2.21 bits per heavy atom. The summed E-state index contributed by atoms with van der Waals surface area (Å²) in [5, 5.41) is 3.43. The van der Waals surface area contributed by atoms with Crippen LogP contribution in [0.2, 0.25) is 5.02 Å². The number of nitrogens with zero attached hydrogens (tertiary/aromatic N) is 3. The average molecular weight is 347 g/mol. The summed E-state index contributed by atoms with van der Waals surface area (Å²) in [4.78, 5) is 30.0. The summed E-state index contributed by atoms with van der Waals surface area (Å²) in [6.45, 7) is 1.75. The molecule has 1 saturated heterocycles. The molecular weight excluding hydrogens is 328 g/mol. The van der Waals surface area contributed by atoms with Gasteiger partial charge in [0, 0.05) is 38.4 Å². The SMILES string of the molecule is O=C(NCCCn1ccnc1)[C@H]1CC(=O)N(c2ccccc2Cl)C1. The maximum Gasteiger partial charge on any atom is 0.227 e. The number of aromatic nitrogens is 2. The molecule has 126 valence electrons.